The maximum absolute atomic E-state index is 13.5. The van der Waals surface area contributed by atoms with Gasteiger partial charge in [0.05, 0.1) is 17.6 Å². The number of hydrogen-bond acceptors (Lipinski definition) is 8. The summed E-state index contributed by atoms with van der Waals surface area (Å²) < 4.78 is 25.7. The lowest BCUT2D eigenvalue weighted by atomic mass is 9.76. The van der Waals surface area contributed by atoms with E-state index < -0.39 is 57.2 Å². The largest absolute Gasteiger partial charge is 0.508 e. The summed E-state index contributed by atoms with van der Waals surface area (Å²) in [6.45, 7) is 0.0357. The zero-order valence-electron chi connectivity index (χ0n) is 22.6. The molecule has 0 heterocycles. The van der Waals surface area contributed by atoms with Gasteiger partial charge in [-0.3, -0.25) is 14.4 Å². The second-order valence-corrected chi connectivity index (χ2v) is 12.2. The molecule has 40 heavy (non-hydrogen) atoms. The van der Waals surface area contributed by atoms with Crippen molar-refractivity contribution in [1.82, 2.24) is 15.4 Å². The number of hydrogen-bond donors (Lipinski definition) is 7. The van der Waals surface area contributed by atoms with Crippen LogP contribution in [0.2, 0.25) is 0 Å². The number of aromatic hydroxyl groups is 1. The topological polar surface area (TPSA) is 225 Å². The lowest BCUT2D eigenvalue weighted by Crippen LogP contribution is -2.51. The van der Waals surface area contributed by atoms with Crippen LogP contribution < -0.4 is 21.1 Å². The molecule has 8 N–H and O–H groups in total. The standard InChI is InChI=1S/C26H40N4O9S/c1-40(38,39)30-20(6-2-5-13-27)22(32)28-16-18(23(33)34)15-26(11-3-4-12-26)25(37)29-21(24(35)36)14-17-7-9-19(31)10-8-17/h7-10,18,20-21,30-31H,2-6,11-16,27H2,1H3,(H,28,32)(H,29,37)(H,33,34)(H,35,36). The molecule has 3 unspecified atom stereocenters. The van der Waals surface area contributed by atoms with E-state index in [2.05, 4.69) is 15.4 Å². The Kier molecular flexibility index (Phi) is 12.3. The number of phenolic OH excluding ortho intramolecular Hbond substituents is 1. The van der Waals surface area contributed by atoms with Crippen LogP contribution in [0.3, 0.4) is 0 Å². The van der Waals surface area contributed by atoms with Crippen LogP contribution in [-0.4, -0.2) is 78.9 Å². The molecule has 1 aromatic carbocycles. The first-order chi connectivity index (χ1) is 18.8. The molecule has 0 bridgehead atoms. The lowest BCUT2D eigenvalue weighted by Gasteiger charge is -2.32. The lowest BCUT2D eigenvalue weighted by molar-refractivity contribution is -0.147. The van der Waals surface area contributed by atoms with Gasteiger partial charge in [0, 0.05) is 13.0 Å². The smallest absolute Gasteiger partial charge is 0.326 e. The molecule has 13 nitrogen and oxygen atoms in total. The summed E-state index contributed by atoms with van der Waals surface area (Å²) in [7, 11) is -3.72. The number of sulfonamides is 1. The van der Waals surface area contributed by atoms with Crippen molar-refractivity contribution in [1.29, 1.82) is 0 Å². The SMILES string of the molecule is CS(=O)(=O)NC(CCCCN)C(=O)NCC(CC1(C(=O)NC(Cc2ccc(O)cc2)C(=O)O)CCCC1)C(=O)O. The molecular formula is C26H40N4O9S. The molecule has 0 aromatic heterocycles. The van der Waals surface area contributed by atoms with Gasteiger partial charge in [-0.25, -0.2) is 17.9 Å². The van der Waals surface area contributed by atoms with E-state index in [9.17, 15) is 42.9 Å². The first-order valence-electron chi connectivity index (χ1n) is 13.3. The quantitative estimate of drug-likeness (QED) is 0.124. The number of rotatable bonds is 17. The summed E-state index contributed by atoms with van der Waals surface area (Å²) in [6, 6.07) is 3.55. The fourth-order valence-corrected chi connectivity index (χ4v) is 5.76. The van der Waals surface area contributed by atoms with Crippen LogP contribution >= 0.6 is 0 Å². The predicted octanol–water partition coefficient (Wildman–Crippen LogP) is 0.318. The Morgan fingerprint density at radius 1 is 1.00 bits per heavy atom. The monoisotopic (exact) mass is 584 g/mol. The normalized spacial score (nSPS) is 16.9. The van der Waals surface area contributed by atoms with Gasteiger partial charge in [-0.15, -0.1) is 0 Å². The molecule has 1 saturated carbocycles. The Morgan fingerprint density at radius 2 is 1.62 bits per heavy atom. The maximum atomic E-state index is 13.5. The third-order valence-corrected chi connectivity index (χ3v) is 7.86. The van der Waals surface area contributed by atoms with E-state index in [0.29, 0.717) is 50.6 Å². The molecular weight excluding hydrogens is 544 g/mol. The first kappa shape index (κ1) is 33.0. The van der Waals surface area contributed by atoms with Crippen LogP contribution in [0.5, 0.6) is 5.75 Å². The van der Waals surface area contributed by atoms with Crippen LogP contribution in [-0.2, 0) is 35.6 Å². The van der Waals surface area contributed by atoms with E-state index in [-0.39, 0.29) is 31.6 Å². The van der Waals surface area contributed by atoms with E-state index in [0.717, 1.165) is 6.26 Å². The highest BCUT2D eigenvalue weighted by Gasteiger charge is 2.45. The van der Waals surface area contributed by atoms with Crippen molar-refractivity contribution in [2.75, 3.05) is 19.3 Å². The van der Waals surface area contributed by atoms with Crippen molar-refractivity contribution in [2.24, 2.45) is 17.1 Å². The molecule has 3 atom stereocenters. The number of nitrogens with two attached hydrogens (primary N) is 1. The average molecular weight is 585 g/mol. The molecule has 1 fully saturated rings. The Bertz CT molecular complexity index is 1140. The number of carboxylic acid groups (broad SMARTS) is 2. The first-order valence-corrected chi connectivity index (χ1v) is 15.1. The van der Waals surface area contributed by atoms with E-state index in [1.54, 1.807) is 12.1 Å². The summed E-state index contributed by atoms with van der Waals surface area (Å²) >= 11 is 0. The van der Waals surface area contributed by atoms with Crippen LogP contribution in [0.4, 0.5) is 0 Å². The number of carbonyl (C=O) groups excluding carboxylic acids is 2. The van der Waals surface area contributed by atoms with Gasteiger partial charge in [0.1, 0.15) is 17.8 Å². The molecule has 2 amide bonds. The Labute approximate surface area is 234 Å². The fraction of sp³-hybridized carbons (Fsp3) is 0.615. The molecule has 1 aliphatic rings. The van der Waals surface area contributed by atoms with Crippen molar-refractivity contribution < 1.29 is 42.9 Å². The van der Waals surface area contributed by atoms with Crippen molar-refractivity contribution in [3.63, 3.8) is 0 Å². The van der Waals surface area contributed by atoms with Gasteiger partial charge >= 0.3 is 11.9 Å². The molecule has 2 rings (SSSR count). The molecule has 0 aliphatic heterocycles. The predicted molar refractivity (Wildman–Crippen MR) is 146 cm³/mol. The zero-order valence-corrected chi connectivity index (χ0v) is 23.4. The highest BCUT2D eigenvalue weighted by Crippen LogP contribution is 2.43. The maximum Gasteiger partial charge on any atom is 0.326 e. The van der Waals surface area contributed by atoms with Gasteiger partial charge in [0.2, 0.25) is 21.8 Å². The van der Waals surface area contributed by atoms with Crippen LogP contribution in [0, 0.1) is 11.3 Å². The van der Waals surface area contributed by atoms with Gasteiger partial charge in [-0.05, 0) is 56.3 Å². The van der Waals surface area contributed by atoms with Gasteiger partial charge < -0.3 is 31.7 Å². The minimum Gasteiger partial charge on any atom is -0.508 e. The summed E-state index contributed by atoms with van der Waals surface area (Å²) in [5.74, 6) is -4.89. The van der Waals surface area contributed by atoms with Gasteiger partial charge in [-0.1, -0.05) is 31.4 Å². The second-order valence-electron chi connectivity index (χ2n) is 10.4. The molecule has 0 radical (unpaired) electrons. The molecule has 14 heteroatoms. The van der Waals surface area contributed by atoms with E-state index in [4.69, 9.17) is 5.73 Å². The summed E-state index contributed by atoms with van der Waals surface area (Å²) in [5.41, 5.74) is 4.92. The van der Waals surface area contributed by atoms with E-state index in [1.807, 2.05) is 0 Å². The third-order valence-electron chi connectivity index (χ3n) is 7.15. The fourth-order valence-electron chi connectivity index (χ4n) is 5.02. The minimum atomic E-state index is -3.72. The van der Waals surface area contributed by atoms with Gasteiger partial charge in [-0.2, -0.15) is 0 Å². The summed E-state index contributed by atoms with van der Waals surface area (Å²) in [6.07, 6.45) is 4.03. The Morgan fingerprint density at radius 3 is 2.15 bits per heavy atom. The second kappa shape index (κ2) is 15.0. The van der Waals surface area contributed by atoms with E-state index in [1.165, 1.54) is 12.1 Å². The Hall–Kier alpha value is -3.23. The number of carbonyl (C=O) groups is 4. The minimum absolute atomic E-state index is 0.0188. The molecule has 224 valence electrons. The highest BCUT2D eigenvalue weighted by molar-refractivity contribution is 7.88. The number of carboxylic acids is 2. The Balaban J connectivity index is 2.13. The number of phenols is 1. The number of benzene rings is 1. The number of amides is 2. The number of nitrogens with one attached hydrogen (secondary N) is 3. The van der Waals surface area contributed by atoms with Crippen LogP contribution in [0.1, 0.15) is 56.9 Å². The third kappa shape index (κ3) is 10.4. The average Bonchev–Trinajstić information content (AvgIpc) is 3.35. The molecule has 0 saturated heterocycles. The van der Waals surface area contributed by atoms with Crippen LogP contribution in [0.25, 0.3) is 0 Å². The van der Waals surface area contributed by atoms with Crippen molar-refractivity contribution in [2.45, 2.75) is 69.9 Å². The molecule has 1 aliphatic carbocycles. The van der Waals surface area contributed by atoms with Crippen molar-refractivity contribution in [3.05, 3.63) is 29.8 Å². The summed E-state index contributed by atoms with van der Waals surface area (Å²) in [5, 5.41) is 34.2. The molecule has 1 aromatic rings. The number of aliphatic carboxylic acids is 2. The van der Waals surface area contributed by atoms with Gasteiger partial charge in [0.15, 0.2) is 0 Å². The van der Waals surface area contributed by atoms with Gasteiger partial charge in [0.25, 0.3) is 0 Å². The molecule has 0 spiro atoms. The number of unbranched alkanes of at least 4 members (excludes halogenated alkanes) is 1. The van der Waals surface area contributed by atoms with Crippen molar-refractivity contribution >= 4 is 33.8 Å². The van der Waals surface area contributed by atoms with Crippen molar-refractivity contribution in [3.8, 4) is 5.75 Å². The van der Waals surface area contributed by atoms with E-state index >= 15 is 0 Å². The zero-order chi connectivity index (χ0) is 29.9. The summed E-state index contributed by atoms with van der Waals surface area (Å²) in [4.78, 5) is 50.3. The van der Waals surface area contributed by atoms with Crippen LogP contribution in [0.15, 0.2) is 24.3 Å². The highest BCUT2D eigenvalue weighted by atomic mass is 32.2.